The molecule has 1 N–H and O–H groups in total. The van der Waals surface area contributed by atoms with Crippen LogP contribution in [0, 0.1) is 0 Å². The van der Waals surface area contributed by atoms with Gasteiger partial charge < -0.3 is 9.73 Å². The lowest BCUT2D eigenvalue weighted by atomic mass is 9.95. The molecular weight excluding hydrogens is 576 g/mol. The number of hydrogen-bond donors (Lipinski definition) is 1. The van der Waals surface area contributed by atoms with Crippen molar-refractivity contribution in [2.75, 3.05) is 11.9 Å². The van der Waals surface area contributed by atoms with Gasteiger partial charge in [-0.25, -0.2) is 15.0 Å². The van der Waals surface area contributed by atoms with Crippen molar-refractivity contribution < 1.29 is 4.42 Å². The maximum absolute atomic E-state index is 6.23. The fourth-order valence-corrected chi connectivity index (χ4v) is 7.10. The van der Waals surface area contributed by atoms with Crippen molar-refractivity contribution in [2.45, 2.75) is 0 Å². The van der Waals surface area contributed by atoms with Crippen LogP contribution in [0.1, 0.15) is 5.56 Å². The molecule has 0 atom stereocenters. The first-order valence-electron chi connectivity index (χ1n) is 15.8. The van der Waals surface area contributed by atoms with Crippen molar-refractivity contribution in [3.63, 3.8) is 0 Å². The van der Waals surface area contributed by atoms with Gasteiger partial charge in [0, 0.05) is 34.2 Å². The molecule has 0 aliphatic carbocycles. The van der Waals surface area contributed by atoms with E-state index in [0.29, 0.717) is 17.5 Å². The van der Waals surface area contributed by atoms with Crippen LogP contribution in [0.2, 0.25) is 0 Å². The summed E-state index contributed by atoms with van der Waals surface area (Å²) in [6, 6.07) is 44.7. The van der Waals surface area contributed by atoms with E-state index in [-0.39, 0.29) is 0 Å². The summed E-state index contributed by atoms with van der Waals surface area (Å²) in [6.45, 7) is 0.732. The number of hydrogen-bond acceptors (Lipinski definition) is 5. The molecule has 0 unspecified atom stereocenters. The largest absolute Gasteiger partial charge is 0.440 e. The van der Waals surface area contributed by atoms with Crippen LogP contribution < -0.4 is 5.32 Å². The first kappa shape index (κ1) is 25.9. The van der Waals surface area contributed by atoms with Gasteiger partial charge in [-0.05, 0) is 55.2 Å². The predicted molar refractivity (Wildman–Crippen MR) is 193 cm³/mol. The minimum Gasteiger partial charge on any atom is -0.440 e. The van der Waals surface area contributed by atoms with Gasteiger partial charge in [0.15, 0.2) is 17.5 Å². The number of nitrogens with one attached hydrogen (secondary N) is 1. The first-order chi connectivity index (χ1) is 23.3. The van der Waals surface area contributed by atoms with E-state index in [1.165, 1.54) is 32.3 Å². The Morgan fingerprint density at radius 3 is 2.11 bits per heavy atom. The van der Waals surface area contributed by atoms with Crippen LogP contribution in [0.4, 0.5) is 5.88 Å². The number of furan rings is 1. The lowest BCUT2D eigenvalue weighted by Crippen LogP contribution is -2.02. The second-order valence-electron chi connectivity index (χ2n) is 12.0. The van der Waals surface area contributed by atoms with Gasteiger partial charge in [-0.15, -0.1) is 0 Å². The van der Waals surface area contributed by atoms with Gasteiger partial charge in [0.1, 0.15) is 5.58 Å². The van der Waals surface area contributed by atoms with Crippen LogP contribution in [0.15, 0.2) is 138 Å². The van der Waals surface area contributed by atoms with Gasteiger partial charge in [0.2, 0.25) is 5.88 Å². The average molecular weight is 603 g/mol. The molecular formula is C42H26N4O. The van der Waals surface area contributed by atoms with Gasteiger partial charge in [-0.2, -0.15) is 0 Å². The summed E-state index contributed by atoms with van der Waals surface area (Å²) in [7, 11) is 0. The van der Waals surface area contributed by atoms with Crippen LogP contribution in [-0.4, -0.2) is 21.5 Å². The number of aromatic nitrogens is 3. The monoisotopic (exact) mass is 602 g/mol. The van der Waals surface area contributed by atoms with E-state index >= 15 is 0 Å². The Bertz CT molecular complexity index is 2760. The fraction of sp³-hybridized carbons (Fsp3) is 0.0238. The molecule has 9 aromatic rings. The van der Waals surface area contributed by atoms with Crippen LogP contribution in [0.25, 0.3) is 94.3 Å². The standard InChI is InChI=1S/C42H26N4O/c1-2-10-27-24-28(18-17-25(27)8-1)39-44-40(46-41(45-39)35-14-6-16-37-38(35)36-15-7-23-43-42(36)47-37)34-13-5-12-30-32-20-19-26-9-3-4-11-29(26)31(32)21-22-33(30)34/h1-22,24,43H,23H2. The molecule has 47 heavy (non-hydrogen) atoms. The molecule has 0 radical (unpaired) electrons. The highest BCUT2D eigenvalue weighted by Gasteiger charge is 2.21. The topological polar surface area (TPSA) is 63.8 Å². The SMILES string of the molecule is C1=Cc2c(oc3cccc(-c4nc(-c5ccc6ccccc6c5)nc(-c5cccc6c5ccc5c7ccccc7ccc65)n4)c23)NC1. The molecule has 1 aliphatic heterocycles. The van der Waals surface area contributed by atoms with E-state index in [4.69, 9.17) is 19.4 Å². The summed E-state index contributed by atoms with van der Waals surface area (Å²) in [5, 5.41) is 13.9. The third-order valence-corrected chi connectivity index (χ3v) is 9.33. The summed E-state index contributed by atoms with van der Waals surface area (Å²) in [5.41, 5.74) is 4.62. The maximum atomic E-state index is 6.23. The first-order valence-corrected chi connectivity index (χ1v) is 15.8. The average Bonchev–Trinajstić information content (AvgIpc) is 3.53. The maximum Gasteiger partial charge on any atom is 0.201 e. The molecule has 220 valence electrons. The molecule has 3 heterocycles. The smallest absolute Gasteiger partial charge is 0.201 e. The van der Waals surface area contributed by atoms with E-state index in [1.807, 2.05) is 12.1 Å². The summed E-state index contributed by atoms with van der Waals surface area (Å²) < 4.78 is 6.23. The molecule has 10 rings (SSSR count). The number of benzene rings is 7. The minimum absolute atomic E-state index is 0.607. The summed E-state index contributed by atoms with van der Waals surface area (Å²) in [5.74, 6) is 2.64. The van der Waals surface area contributed by atoms with Gasteiger partial charge in [-0.1, -0.05) is 127 Å². The zero-order valence-electron chi connectivity index (χ0n) is 25.2. The second kappa shape index (κ2) is 10.1. The third-order valence-electron chi connectivity index (χ3n) is 9.33. The third kappa shape index (κ3) is 4.07. The molecule has 0 spiro atoms. The molecule has 0 saturated heterocycles. The molecule has 0 saturated carbocycles. The lowest BCUT2D eigenvalue weighted by Gasteiger charge is -2.13. The Morgan fingerprint density at radius 2 is 1.17 bits per heavy atom. The zero-order valence-corrected chi connectivity index (χ0v) is 25.2. The molecule has 5 nitrogen and oxygen atoms in total. The van der Waals surface area contributed by atoms with E-state index in [2.05, 4.69) is 133 Å². The van der Waals surface area contributed by atoms with Crippen LogP contribution in [0.5, 0.6) is 0 Å². The quantitative estimate of drug-likeness (QED) is 0.204. The molecule has 0 fully saturated rings. The molecule has 0 amide bonds. The summed E-state index contributed by atoms with van der Waals surface area (Å²) in [4.78, 5) is 15.5. The molecule has 1 aliphatic rings. The van der Waals surface area contributed by atoms with Crippen LogP contribution in [-0.2, 0) is 0 Å². The highest BCUT2D eigenvalue weighted by molar-refractivity contribution is 6.19. The normalized spacial score (nSPS) is 12.7. The number of anilines is 1. The second-order valence-corrected chi connectivity index (χ2v) is 12.0. The van der Waals surface area contributed by atoms with Crippen LogP contribution in [0.3, 0.4) is 0 Å². The van der Waals surface area contributed by atoms with Crippen molar-refractivity contribution in [3.8, 4) is 34.2 Å². The van der Waals surface area contributed by atoms with Gasteiger partial charge >= 0.3 is 0 Å². The number of rotatable bonds is 3. The highest BCUT2D eigenvalue weighted by atomic mass is 16.3. The van der Waals surface area contributed by atoms with Crippen molar-refractivity contribution in [1.82, 2.24) is 15.0 Å². The van der Waals surface area contributed by atoms with E-state index in [0.717, 1.165) is 56.4 Å². The molecule has 0 bridgehead atoms. The Morgan fingerprint density at radius 1 is 0.511 bits per heavy atom. The van der Waals surface area contributed by atoms with E-state index < -0.39 is 0 Å². The lowest BCUT2D eigenvalue weighted by molar-refractivity contribution is 0.628. The fourth-order valence-electron chi connectivity index (χ4n) is 7.10. The molecule has 5 heteroatoms. The van der Waals surface area contributed by atoms with Crippen molar-refractivity contribution >= 4 is 66.0 Å². The summed E-state index contributed by atoms with van der Waals surface area (Å²) in [6.07, 6.45) is 4.23. The molecule has 7 aromatic carbocycles. The minimum atomic E-state index is 0.607. The Kier molecular flexibility index (Phi) is 5.57. The Labute approximate surface area is 269 Å². The van der Waals surface area contributed by atoms with E-state index in [1.54, 1.807) is 0 Å². The highest BCUT2D eigenvalue weighted by Crippen LogP contribution is 2.40. The number of fused-ring (bicyclic) bond motifs is 9. The van der Waals surface area contributed by atoms with Crippen molar-refractivity contribution in [1.29, 1.82) is 0 Å². The summed E-state index contributed by atoms with van der Waals surface area (Å²) >= 11 is 0. The van der Waals surface area contributed by atoms with Gasteiger partial charge in [0.05, 0.1) is 0 Å². The van der Waals surface area contributed by atoms with Gasteiger partial charge in [-0.3, -0.25) is 0 Å². The predicted octanol–water partition coefficient (Wildman–Crippen LogP) is 10.7. The van der Waals surface area contributed by atoms with E-state index in [9.17, 15) is 0 Å². The van der Waals surface area contributed by atoms with Crippen LogP contribution >= 0.6 is 0 Å². The zero-order chi connectivity index (χ0) is 30.9. The number of nitrogens with zero attached hydrogens (tertiary/aromatic N) is 3. The Balaban J connectivity index is 1.25. The van der Waals surface area contributed by atoms with Crippen molar-refractivity contribution in [2.24, 2.45) is 0 Å². The molecule has 2 aromatic heterocycles. The van der Waals surface area contributed by atoms with Gasteiger partial charge in [0.25, 0.3) is 0 Å². The Hall–Kier alpha value is -6.33. The van der Waals surface area contributed by atoms with Crippen molar-refractivity contribution in [3.05, 3.63) is 139 Å².